The van der Waals surface area contributed by atoms with Crippen LogP contribution in [-0.2, 0) is 30.7 Å². The van der Waals surface area contributed by atoms with Gasteiger partial charge < -0.3 is 4.90 Å². The van der Waals surface area contributed by atoms with Crippen molar-refractivity contribution < 1.29 is 13.6 Å². The minimum atomic E-state index is -0.546. The van der Waals surface area contributed by atoms with E-state index in [1.165, 1.54) is 17.7 Å². The Labute approximate surface area is 138 Å². The Morgan fingerprint density at radius 2 is 2.08 bits per heavy atom. The van der Waals surface area contributed by atoms with Gasteiger partial charge in [-0.3, -0.25) is 9.48 Å². The smallest absolute Gasteiger partial charge is 0.246 e. The number of fused-ring (bicyclic) bond motifs is 3. The molecule has 0 atom stereocenters. The number of aryl methyl sites for hydroxylation is 1. The molecule has 6 heteroatoms. The molecule has 1 aliphatic carbocycles. The molecule has 0 saturated heterocycles. The lowest BCUT2D eigenvalue weighted by Gasteiger charge is -2.27. The topological polar surface area (TPSA) is 38.1 Å². The van der Waals surface area contributed by atoms with Crippen molar-refractivity contribution in [1.29, 1.82) is 0 Å². The van der Waals surface area contributed by atoms with Gasteiger partial charge in [0, 0.05) is 18.2 Å². The summed E-state index contributed by atoms with van der Waals surface area (Å²) in [6, 6.07) is 3.19. The maximum atomic E-state index is 13.6. The predicted octanol–water partition coefficient (Wildman–Crippen LogP) is 2.71. The van der Waals surface area contributed by atoms with Crippen molar-refractivity contribution in [3.05, 3.63) is 58.4 Å². The average Bonchev–Trinajstić information content (AvgIpc) is 3.16. The second-order valence-electron chi connectivity index (χ2n) is 6.21. The summed E-state index contributed by atoms with van der Waals surface area (Å²) in [6.07, 6.45) is 5.80. The maximum Gasteiger partial charge on any atom is 0.246 e. The van der Waals surface area contributed by atoms with E-state index in [1.54, 1.807) is 4.90 Å². The standard InChI is InChI=1S/C18H17F2N3O/c19-13-5-6-15(20)12(10-13)4-7-18(24)22-8-9-23-17(11-22)14-2-1-3-16(14)21-23/h4-7,10H,1-3,8-9,11H2/b7-4+. The molecule has 124 valence electrons. The van der Waals surface area contributed by atoms with Gasteiger partial charge in [-0.15, -0.1) is 0 Å². The first-order valence-electron chi connectivity index (χ1n) is 8.11. The van der Waals surface area contributed by atoms with Crippen molar-refractivity contribution in [2.45, 2.75) is 32.4 Å². The summed E-state index contributed by atoms with van der Waals surface area (Å²) in [4.78, 5) is 14.1. The number of benzene rings is 1. The molecule has 0 N–H and O–H groups in total. The Kier molecular flexibility index (Phi) is 3.67. The van der Waals surface area contributed by atoms with Gasteiger partial charge in [-0.05, 0) is 49.1 Å². The highest BCUT2D eigenvalue weighted by atomic mass is 19.1. The molecule has 2 aliphatic rings. The molecule has 1 amide bonds. The van der Waals surface area contributed by atoms with E-state index in [-0.39, 0.29) is 11.5 Å². The Morgan fingerprint density at radius 3 is 2.96 bits per heavy atom. The Bertz CT molecular complexity index is 841. The molecular formula is C18H17F2N3O. The molecular weight excluding hydrogens is 312 g/mol. The molecule has 0 radical (unpaired) electrons. The van der Waals surface area contributed by atoms with Crippen molar-refractivity contribution in [3.63, 3.8) is 0 Å². The number of halogens is 2. The van der Waals surface area contributed by atoms with Crippen LogP contribution in [0.5, 0.6) is 0 Å². The Balaban J connectivity index is 1.51. The summed E-state index contributed by atoms with van der Waals surface area (Å²) in [7, 11) is 0. The fourth-order valence-electron chi connectivity index (χ4n) is 3.45. The van der Waals surface area contributed by atoms with Crippen molar-refractivity contribution >= 4 is 12.0 Å². The van der Waals surface area contributed by atoms with Crippen LogP contribution in [-0.4, -0.2) is 27.1 Å². The summed E-state index contributed by atoms with van der Waals surface area (Å²) in [6.45, 7) is 1.77. The lowest BCUT2D eigenvalue weighted by molar-refractivity contribution is -0.127. The average molecular weight is 329 g/mol. The number of hydrogen-bond donors (Lipinski definition) is 0. The molecule has 0 unspecified atom stereocenters. The lowest BCUT2D eigenvalue weighted by Crippen LogP contribution is -2.37. The monoisotopic (exact) mass is 329 g/mol. The number of nitrogens with zero attached hydrogens (tertiary/aromatic N) is 3. The zero-order valence-electron chi connectivity index (χ0n) is 13.1. The third-order valence-electron chi connectivity index (χ3n) is 4.69. The van der Waals surface area contributed by atoms with Crippen molar-refractivity contribution in [2.24, 2.45) is 0 Å². The van der Waals surface area contributed by atoms with Crippen LogP contribution in [0.15, 0.2) is 24.3 Å². The number of amides is 1. The molecule has 4 nitrogen and oxygen atoms in total. The second-order valence-corrected chi connectivity index (χ2v) is 6.21. The van der Waals surface area contributed by atoms with Gasteiger partial charge in [0.1, 0.15) is 11.6 Å². The fourth-order valence-corrected chi connectivity index (χ4v) is 3.45. The fraction of sp³-hybridized carbons (Fsp3) is 0.333. The SMILES string of the molecule is O=C(/C=C/c1cc(F)ccc1F)N1CCn2nc3c(c2C1)CCC3. The Hall–Kier alpha value is -2.50. The summed E-state index contributed by atoms with van der Waals surface area (Å²) >= 11 is 0. The minimum Gasteiger partial charge on any atom is -0.331 e. The highest BCUT2D eigenvalue weighted by Gasteiger charge is 2.27. The lowest BCUT2D eigenvalue weighted by atomic mass is 10.1. The molecule has 2 aromatic rings. The second kappa shape index (κ2) is 5.85. The van der Waals surface area contributed by atoms with Crippen molar-refractivity contribution in [2.75, 3.05) is 6.54 Å². The third-order valence-corrected chi connectivity index (χ3v) is 4.69. The summed E-state index contributed by atoms with van der Waals surface area (Å²) in [5.74, 6) is -1.27. The van der Waals surface area contributed by atoms with Crippen LogP contribution < -0.4 is 0 Å². The zero-order valence-corrected chi connectivity index (χ0v) is 13.1. The maximum absolute atomic E-state index is 13.6. The van der Waals surface area contributed by atoms with E-state index >= 15 is 0 Å². The number of rotatable bonds is 2. The summed E-state index contributed by atoms with van der Waals surface area (Å²) in [5, 5.41) is 4.61. The van der Waals surface area contributed by atoms with Crippen LogP contribution in [0.4, 0.5) is 8.78 Å². The molecule has 0 saturated carbocycles. The van der Waals surface area contributed by atoms with Gasteiger partial charge in [0.25, 0.3) is 0 Å². The summed E-state index contributed by atoms with van der Waals surface area (Å²) < 4.78 is 28.8. The van der Waals surface area contributed by atoms with Crippen molar-refractivity contribution in [3.8, 4) is 0 Å². The quantitative estimate of drug-likeness (QED) is 0.795. The molecule has 1 aromatic carbocycles. The van der Waals surface area contributed by atoms with Crippen LogP contribution in [0.1, 0.15) is 28.9 Å². The number of aromatic nitrogens is 2. The number of carbonyl (C=O) groups is 1. The van der Waals surface area contributed by atoms with E-state index < -0.39 is 11.6 Å². The Morgan fingerprint density at radius 1 is 1.21 bits per heavy atom. The summed E-state index contributed by atoms with van der Waals surface area (Å²) in [5.41, 5.74) is 3.64. The van der Waals surface area contributed by atoms with Gasteiger partial charge in [0.05, 0.1) is 24.5 Å². The first kappa shape index (κ1) is 15.1. The highest BCUT2D eigenvalue weighted by molar-refractivity contribution is 5.91. The van der Waals surface area contributed by atoms with Crippen LogP contribution in [0.25, 0.3) is 6.08 Å². The van der Waals surface area contributed by atoms with Crippen molar-refractivity contribution in [1.82, 2.24) is 14.7 Å². The zero-order chi connectivity index (χ0) is 16.7. The van der Waals surface area contributed by atoms with Gasteiger partial charge in [-0.1, -0.05) is 0 Å². The van der Waals surface area contributed by atoms with Crippen LogP contribution in [0, 0.1) is 11.6 Å². The normalized spacial score (nSPS) is 16.5. The van der Waals surface area contributed by atoms with E-state index in [2.05, 4.69) is 5.10 Å². The largest absolute Gasteiger partial charge is 0.331 e. The van der Waals surface area contributed by atoms with E-state index in [1.807, 2.05) is 4.68 Å². The molecule has 0 fully saturated rings. The van der Waals surface area contributed by atoms with E-state index in [0.717, 1.165) is 48.8 Å². The third kappa shape index (κ3) is 2.62. The van der Waals surface area contributed by atoms with Gasteiger partial charge in [-0.2, -0.15) is 5.10 Å². The van der Waals surface area contributed by atoms with E-state index in [9.17, 15) is 13.6 Å². The molecule has 0 spiro atoms. The molecule has 24 heavy (non-hydrogen) atoms. The predicted molar refractivity (Wildman–Crippen MR) is 85.1 cm³/mol. The molecule has 1 aromatic heterocycles. The van der Waals surface area contributed by atoms with Gasteiger partial charge in [0.15, 0.2) is 0 Å². The van der Waals surface area contributed by atoms with Crippen LogP contribution in [0.2, 0.25) is 0 Å². The number of hydrogen-bond acceptors (Lipinski definition) is 2. The van der Waals surface area contributed by atoms with Crippen LogP contribution in [0.3, 0.4) is 0 Å². The first-order chi connectivity index (χ1) is 11.6. The molecule has 0 bridgehead atoms. The number of carbonyl (C=O) groups excluding carboxylic acids is 1. The van der Waals surface area contributed by atoms with Gasteiger partial charge >= 0.3 is 0 Å². The minimum absolute atomic E-state index is 0.0753. The molecule has 4 rings (SSSR count). The van der Waals surface area contributed by atoms with Crippen LogP contribution >= 0.6 is 0 Å². The first-order valence-corrected chi connectivity index (χ1v) is 8.11. The highest BCUT2D eigenvalue weighted by Crippen LogP contribution is 2.27. The van der Waals surface area contributed by atoms with Gasteiger partial charge in [-0.25, -0.2) is 8.78 Å². The molecule has 1 aliphatic heterocycles. The molecule has 2 heterocycles. The van der Waals surface area contributed by atoms with E-state index in [4.69, 9.17) is 0 Å². The van der Waals surface area contributed by atoms with Gasteiger partial charge in [0.2, 0.25) is 5.91 Å². The van der Waals surface area contributed by atoms with E-state index in [0.29, 0.717) is 19.6 Å².